The Balaban J connectivity index is 0.000000530. The van der Waals surface area contributed by atoms with E-state index >= 15 is 0 Å². The number of thioether (sulfide) groups is 2. The van der Waals surface area contributed by atoms with Crippen molar-refractivity contribution >= 4 is 147 Å². The van der Waals surface area contributed by atoms with E-state index in [4.69, 9.17) is 67.4 Å². The molecule has 6 rings (SSSR count). The van der Waals surface area contributed by atoms with Crippen LogP contribution < -0.4 is 26.6 Å². The topological polar surface area (TPSA) is 506 Å². The van der Waals surface area contributed by atoms with Crippen LogP contribution in [0.15, 0.2) is 144 Å². The van der Waals surface area contributed by atoms with Gasteiger partial charge in [0.15, 0.2) is 18.4 Å². The number of rotatable bonds is 50. The number of pyridine rings is 2. The van der Waals surface area contributed by atoms with Gasteiger partial charge in [0.1, 0.15) is 81.5 Å². The molecule has 2 fully saturated rings. The molecule has 0 spiro atoms. The standard InChI is InChI=1S/C42H59N5O12S4.C20H20N2O2S4.C17H29NO8.C7H13NO2/c1-27(49)23-46-39(55)42(5,62-37(60)29-11-7-6-8-12-29)41(4,25-40(3,26-43)15-14-32(51)57-21-22-61-63-31-13-9-10-16-44-31)38(54)45-17-18-56-19-20-58-36-33(47-28(2)50)35(53)34(52)30(24-48)59-36;1-20(15-21,27-19(25)16-7-3-2-4-8-16)11-10-18(23)24-13-14-26-28-17-9-5-6-12-22-17;1-10(2)12(21)5-4-6-24-7-8-25-17-14(18-11(3)20)16(23)15(22)13(9-19)26-17;1-5(2)7(10)8-4-6(3)9/h6-13,16,27,30,33-36,48-49,52-53H,14-15,17-25H2,1-5H3,(H,45,54)(H,46,55)(H,47,50);2-9,12H,10-11,13-14H2,1H3;13-17,19,22-23H,1,4-9H2,2-3H3,(H,18,20);6,9H,1,4H2,2-3H3,(H,8,10). The van der Waals surface area contributed by atoms with Crippen LogP contribution in [0.2, 0.25) is 0 Å². The lowest BCUT2D eigenvalue weighted by molar-refractivity contribution is -0.272. The quantitative estimate of drug-likeness (QED) is 0.00694. The van der Waals surface area contributed by atoms with Gasteiger partial charge < -0.3 is 105 Å². The second-order valence-corrected chi connectivity index (χ2v) is 39.1. The number of nitrogens with zero attached hydrogens (tertiary/aromatic N) is 4. The highest BCUT2D eigenvalue weighted by Crippen LogP contribution is 2.52. The van der Waals surface area contributed by atoms with E-state index in [0.29, 0.717) is 69.1 Å². The van der Waals surface area contributed by atoms with Crippen LogP contribution in [0.3, 0.4) is 0 Å². The Morgan fingerprint density at radius 3 is 1.42 bits per heavy atom. The highest BCUT2D eigenvalue weighted by molar-refractivity contribution is 8.77. The number of aliphatic hydroxyl groups excluding tert-OH is 8. The van der Waals surface area contributed by atoms with E-state index in [1.165, 1.54) is 54.1 Å². The maximum Gasteiger partial charge on any atom is 0.305 e. The average molecular weight is 1920 g/mol. The van der Waals surface area contributed by atoms with E-state index in [-0.39, 0.29) is 103 Å². The molecule has 5 amide bonds. The van der Waals surface area contributed by atoms with Gasteiger partial charge >= 0.3 is 11.9 Å². The molecule has 16 atom stereocenters. The number of thiocarbonyl (C=S) groups is 2. The summed E-state index contributed by atoms with van der Waals surface area (Å²) in [5, 5.41) is 113. The second kappa shape index (κ2) is 61.5. The molecule has 0 bridgehead atoms. The van der Waals surface area contributed by atoms with Crippen LogP contribution in [0.25, 0.3) is 0 Å². The summed E-state index contributed by atoms with van der Waals surface area (Å²) in [7, 11) is 6.07. The van der Waals surface area contributed by atoms with E-state index < -0.39 is 137 Å². The number of Topliss-reactive ketones (excluding diaryl/α,β-unsaturated/α-hetero) is 1. The second-order valence-electron chi connectivity index (χ2n) is 29.9. The maximum absolute atomic E-state index is 14.6. The normalized spacial score (nSPS) is 20.4. The van der Waals surface area contributed by atoms with Gasteiger partial charge in [0.2, 0.25) is 29.5 Å². The number of benzene rings is 2. The Morgan fingerprint density at radius 2 is 1.00 bits per heavy atom. The first kappa shape index (κ1) is 114. The van der Waals surface area contributed by atoms with Gasteiger partial charge in [-0.1, -0.05) is 156 Å². The fourth-order valence-corrected chi connectivity index (χ4v) is 18.3. The number of carbonyl (C=O) groups is 8. The number of hydrogen-bond donors (Lipinski definition) is 13. The van der Waals surface area contributed by atoms with Crippen molar-refractivity contribution in [1.82, 2.24) is 36.6 Å². The third kappa shape index (κ3) is 43.2. The summed E-state index contributed by atoms with van der Waals surface area (Å²) in [5.41, 5.74) is -0.506. The molecule has 127 heavy (non-hydrogen) atoms. The number of esters is 2. The molecule has 2 aliphatic heterocycles. The van der Waals surface area contributed by atoms with Crippen molar-refractivity contribution in [2.75, 3.05) is 97.2 Å². The third-order valence-electron chi connectivity index (χ3n) is 18.7. The van der Waals surface area contributed by atoms with Gasteiger partial charge in [0, 0.05) is 88.8 Å². The molecule has 2 aromatic carbocycles. The van der Waals surface area contributed by atoms with Crippen LogP contribution in [-0.4, -0.2) is 287 Å². The Bertz CT molecular complexity index is 4160. The molecule has 702 valence electrons. The molecular weight excluding hydrogens is 1800 g/mol. The van der Waals surface area contributed by atoms with Gasteiger partial charge in [0.05, 0.1) is 89.8 Å². The minimum Gasteiger partial charge on any atom is -0.465 e. The summed E-state index contributed by atoms with van der Waals surface area (Å²) < 4.78 is 42.4. The predicted octanol–water partition coefficient (Wildman–Crippen LogP) is 7.01. The zero-order valence-corrected chi connectivity index (χ0v) is 79.5. The summed E-state index contributed by atoms with van der Waals surface area (Å²) in [4.78, 5) is 108. The highest BCUT2D eigenvalue weighted by Gasteiger charge is 2.59. The van der Waals surface area contributed by atoms with E-state index in [1.54, 1.807) is 107 Å². The number of aliphatic hydroxyl groups is 8. The molecule has 0 radical (unpaired) electrons. The van der Waals surface area contributed by atoms with Crippen LogP contribution in [0.4, 0.5) is 0 Å². The molecule has 2 aromatic heterocycles. The summed E-state index contributed by atoms with van der Waals surface area (Å²) in [6.07, 6.45) is -6.87. The van der Waals surface area contributed by atoms with Gasteiger partial charge in [-0.2, -0.15) is 10.5 Å². The van der Waals surface area contributed by atoms with E-state index in [1.807, 2.05) is 72.8 Å². The number of hydrogen-bond acceptors (Lipinski definition) is 36. The van der Waals surface area contributed by atoms with Crippen LogP contribution in [0, 0.1) is 33.5 Å². The number of ketones is 1. The molecule has 16 unspecified atom stereocenters. The number of amides is 5. The number of nitrogens with one attached hydrogen (secondary N) is 5. The van der Waals surface area contributed by atoms with Crippen molar-refractivity contribution in [2.24, 2.45) is 10.8 Å². The summed E-state index contributed by atoms with van der Waals surface area (Å²) in [6, 6.07) is 32.3. The lowest BCUT2D eigenvalue weighted by Crippen LogP contribution is -2.64. The zero-order valence-electron chi connectivity index (χ0n) is 73.0. The van der Waals surface area contributed by atoms with Gasteiger partial charge in [-0.25, -0.2) is 9.97 Å². The Labute approximate surface area is 777 Å². The van der Waals surface area contributed by atoms with Crippen molar-refractivity contribution < 1.29 is 117 Å². The lowest BCUT2D eigenvalue weighted by atomic mass is 9.64. The summed E-state index contributed by atoms with van der Waals surface area (Å²) in [5.74, 6) is -1.98. The van der Waals surface area contributed by atoms with Crippen molar-refractivity contribution in [3.05, 3.63) is 145 Å². The smallest absolute Gasteiger partial charge is 0.305 e. The van der Waals surface area contributed by atoms with Gasteiger partial charge in [-0.05, 0) is 144 Å². The first-order chi connectivity index (χ1) is 60.2. The van der Waals surface area contributed by atoms with Crippen LogP contribution in [-0.2, 0) is 76.3 Å². The number of carbonyl (C=O) groups excluding carboxylic acids is 8. The van der Waals surface area contributed by atoms with Crippen LogP contribution in [0.1, 0.15) is 125 Å². The fourth-order valence-electron chi connectivity index (χ4n) is 11.5. The van der Waals surface area contributed by atoms with Crippen LogP contribution >= 0.6 is 91.1 Å². The molecule has 0 saturated carbocycles. The first-order valence-electron chi connectivity index (χ1n) is 40.6. The molecule has 41 heteroatoms. The Hall–Kier alpha value is -7.12. The number of aromatic nitrogens is 2. The molecule has 2 aliphatic rings. The van der Waals surface area contributed by atoms with Crippen molar-refractivity contribution in [2.45, 2.75) is 207 Å². The maximum atomic E-state index is 14.6. The largest absolute Gasteiger partial charge is 0.465 e. The van der Waals surface area contributed by atoms with Crippen molar-refractivity contribution in [1.29, 1.82) is 10.5 Å². The molecule has 0 aliphatic carbocycles. The van der Waals surface area contributed by atoms with E-state index in [2.05, 4.69) is 61.8 Å². The summed E-state index contributed by atoms with van der Waals surface area (Å²) in [6.45, 7) is 22.5. The van der Waals surface area contributed by atoms with Crippen molar-refractivity contribution in [3.63, 3.8) is 0 Å². The molecule has 13 N–H and O–H groups in total. The molecular formula is C86H121N9O24S8. The Kier molecular flexibility index (Phi) is 55.2. The highest BCUT2D eigenvalue weighted by atomic mass is 33.1. The fraction of sp³-hybridized carbons (Fsp3) is 0.558. The SMILES string of the molecule is C=C(C)C(=O)CCCOCCOC1OC(CO)C(O)C(O)C1NC(C)=O.C=C(C)C(=O)NCC(C)O.CC(=O)NC1C(OCCOCCNC(=O)C(C)(CC(C)(C#N)CCC(=O)OCCSSc2ccccn2)C(C)(SC(=S)c2ccccc2)C(=O)NCC(C)O)OC(CO)C(O)C1O.CC(C#N)(CCC(=O)OCCSSc1ccccn1)SC(=S)c1ccccc1. The predicted molar refractivity (Wildman–Crippen MR) is 496 cm³/mol. The number of allylic oxidation sites excluding steroid dienone is 1. The minimum absolute atomic E-state index is 0.00111. The van der Waals surface area contributed by atoms with E-state index in [0.717, 1.165) is 27.4 Å². The molecule has 4 aromatic rings. The Morgan fingerprint density at radius 1 is 0.551 bits per heavy atom. The number of ether oxygens (including phenoxy) is 8. The molecule has 33 nitrogen and oxygen atoms in total. The zero-order chi connectivity index (χ0) is 94.7. The summed E-state index contributed by atoms with van der Waals surface area (Å²) >= 11 is 13.6. The van der Waals surface area contributed by atoms with Gasteiger partial charge in [0.25, 0.3) is 0 Å². The first-order valence-corrected chi connectivity index (χ1v) is 47.7. The van der Waals surface area contributed by atoms with Gasteiger partial charge in [-0.15, -0.1) is 0 Å². The number of nitriles is 2. The average Bonchev–Trinajstić information content (AvgIpc) is 0.742. The van der Waals surface area contributed by atoms with Crippen molar-refractivity contribution in [3.8, 4) is 12.1 Å². The van der Waals surface area contributed by atoms with Crippen LogP contribution in [0.5, 0.6) is 0 Å². The molecule has 2 saturated heterocycles. The van der Waals surface area contributed by atoms with E-state index in [9.17, 15) is 84.6 Å². The third-order valence-corrected chi connectivity index (χ3v) is 26.8. The molecule has 4 heterocycles. The van der Waals surface area contributed by atoms with Gasteiger partial charge in [-0.3, -0.25) is 38.4 Å². The monoisotopic (exact) mass is 1920 g/mol. The lowest BCUT2D eigenvalue weighted by Gasteiger charge is -2.46. The minimum atomic E-state index is -1.69.